The average Bonchev–Trinajstić information content (AvgIpc) is 2.46. The van der Waals surface area contributed by atoms with Crippen LogP contribution in [-0.2, 0) is 19.1 Å². The van der Waals surface area contributed by atoms with Crippen LogP contribution < -0.4 is 5.73 Å². The number of amides is 1. The van der Waals surface area contributed by atoms with Gasteiger partial charge in [-0.25, -0.2) is 0 Å². The van der Waals surface area contributed by atoms with E-state index in [1.807, 2.05) is 37.9 Å². The molecule has 22 heavy (non-hydrogen) atoms. The molecule has 0 saturated carbocycles. The fraction of sp³-hybridized carbons (Fsp3) is 0.625. The van der Waals surface area contributed by atoms with Crippen molar-refractivity contribution < 1.29 is 19.1 Å². The molecule has 0 aliphatic carbocycles. The first-order chi connectivity index (χ1) is 10.2. The number of ether oxygens (including phenoxy) is 2. The third-order valence-electron chi connectivity index (χ3n) is 3.33. The number of hydrogen-bond acceptors (Lipinski definition) is 5. The Balaban J connectivity index is 2.44. The summed E-state index contributed by atoms with van der Waals surface area (Å²) in [5, 5.41) is 0. The van der Waals surface area contributed by atoms with Gasteiger partial charge >= 0.3 is 5.97 Å². The smallest absolute Gasteiger partial charge is 0.311 e. The monoisotopic (exact) mass is 310 g/mol. The molecule has 0 aromatic rings. The molecule has 1 aliphatic rings. The molecule has 0 aromatic heterocycles. The summed E-state index contributed by atoms with van der Waals surface area (Å²) in [6, 6.07) is 0. The Bertz CT molecular complexity index is 463. The van der Waals surface area contributed by atoms with Crippen LogP contribution in [0, 0.1) is 5.41 Å². The molecule has 0 fully saturated rings. The van der Waals surface area contributed by atoms with Crippen molar-refractivity contribution in [1.29, 1.82) is 0 Å². The molecule has 0 unspecified atom stereocenters. The molecule has 1 rings (SSSR count). The molecular formula is C16H26N2O4. The predicted octanol–water partition coefficient (Wildman–Crippen LogP) is 1.57. The van der Waals surface area contributed by atoms with E-state index in [0.717, 1.165) is 0 Å². The second kappa shape index (κ2) is 7.98. The summed E-state index contributed by atoms with van der Waals surface area (Å²) in [6.07, 6.45) is 6.58. The molecule has 0 bridgehead atoms. The molecule has 0 spiro atoms. The van der Waals surface area contributed by atoms with Crippen molar-refractivity contribution in [1.82, 2.24) is 4.90 Å². The topological polar surface area (TPSA) is 81.9 Å². The van der Waals surface area contributed by atoms with Gasteiger partial charge in [-0.2, -0.15) is 0 Å². The SMILES string of the molecule is CO[C@@H](CCN1C=CCC(C(N)=O)=C1)COC(=O)C(C)(C)C. The molecule has 1 heterocycles. The molecule has 0 radical (unpaired) electrons. The molecule has 2 N–H and O–H groups in total. The molecule has 1 atom stereocenters. The van der Waals surface area contributed by atoms with Crippen molar-refractivity contribution in [3.05, 3.63) is 24.0 Å². The number of nitrogens with two attached hydrogens (primary N) is 1. The van der Waals surface area contributed by atoms with E-state index in [1.165, 1.54) is 0 Å². The standard InChI is InChI=1S/C16H26N2O4/c1-16(2,3)15(20)22-11-13(21-4)7-9-18-8-5-6-12(10-18)14(17)19/h5,8,10,13H,6-7,9,11H2,1-4H3,(H2,17,19)/t13-/m0/s1. The first-order valence-corrected chi connectivity index (χ1v) is 7.37. The zero-order valence-corrected chi connectivity index (χ0v) is 13.8. The quantitative estimate of drug-likeness (QED) is 0.722. The van der Waals surface area contributed by atoms with Crippen LogP contribution in [0.1, 0.15) is 33.6 Å². The Morgan fingerprint density at radius 2 is 2.09 bits per heavy atom. The number of allylic oxidation sites excluding steroid dienone is 1. The molecule has 0 saturated heterocycles. The van der Waals surface area contributed by atoms with Crippen LogP contribution in [0.4, 0.5) is 0 Å². The highest BCUT2D eigenvalue weighted by atomic mass is 16.6. The number of methoxy groups -OCH3 is 1. The van der Waals surface area contributed by atoms with Gasteiger partial charge in [0.1, 0.15) is 6.61 Å². The van der Waals surface area contributed by atoms with Gasteiger partial charge in [0.25, 0.3) is 0 Å². The fourth-order valence-electron chi connectivity index (χ4n) is 1.86. The van der Waals surface area contributed by atoms with Gasteiger partial charge in [0.05, 0.1) is 11.5 Å². The summed E-state index contributed by atoms with van der Waals surface area (Å²) >= 11 is 0. The highest BCUT2D eigenvalue weighted by Gasteiger charge is 2.24. The second-order valence-corrected chi connectivity index (χ2v) is 6.34. The Labute approximate surface area is 131 Å². The van der Waals surface area contributed by atoms with Crippen LogP contribution in [0.3, 0.4) is 0 Å². The molecule has 1 amide bonds. The zero-order chi connectivity index (χ0) is 16.8. The van der Waals surface area contributed by atoms with E-state index in [4.69, 9.17) is 15.2 Å². The first kappa shape index (κ1) is 18.2. The van der Waals surface area contributed by atoms with Crippen LogP contribution in [0.15, 0.2) is 24.0 Å². The minimum Gasteiger partial charge on any atom is -0.463 e. The summed E-state index contributed by atoms with van der Waals surface area (Å²) in [7, 11) is 1.59. The number of carbonyl (C=O) groups excluding carboxylic acids is 2. The second-order valence-electron chi connectivity index (χ2n) is 6.34. The van der Waals surface area contributed by atoms with Crippen molar-refractivity contribution in [3.63, 3.8) is 0 Å². The third kappa shape index (κ3) is 5.89. The third-order valence-corrected chi connectivity index (χ3v) is 3.33. The number of rotatable bonds is 7. The van der Waals surface area contributed by atoms with Crippen molar-refractivity contribution in [2.45, 2.75) is 39.7 Å². The average molecular weight is 310 g/mol. The van der Waals surface area contributed by atoms with Crippen LogP contribution in [0.2, 0.25) is 0 Å². The van der Waals surface area contributed by atoms with Gasteiger partial charge in [-0.15, -0.1) is 0 Å². The maximum atomic E-state index is 11.7. The molecule has 6 heteroatoms. The molecule has 1 aliphatic heterocycles. The zero-order valence-electron chi connectivity index (χ0n) is 13.8. The van der Waals surface area contributed by atoms with E-state index in [1.54, 1.807) is 13.3 Å². The Hall–Kier alpha value is -1.82. The maximum Gasteiger partial charge on any atom is 0.311 e. The minimum absolute atomic E-state index is 0.188. The highest BCUT2D eigenvalue weighted by molar-refractivity contribution is 5.92. The van der Waals surface area contributed by atoms with E-state index >= 15 is 0 Å². The van der Waals surface area contributed by atoms with Crippen molar-refractivity contribution in [3.8, 4) is 0 Å². The first-order valence-electron chi connectivity index (χ1n) is 7.37. The van der Waals surface area contributed by atoms with Crippen molar-refractivity contribution >= 4 is 11.9 Å². The van der Waals surface area contributed by atoms with Gasteiger partial charge in [-0.1, -0.05) is 6.08 Å². The molecule has 6 nitrogen and oxygen atoms in total. The van der Waals surface area contributed by atoms with Gasteiger partial charge in [-0.3, -0.25) is 9.59 Å². The number of nitrogens with zero attached hydrogens (tertiary/aromatic N) is 1. The van der Waals surface area contributed by atoms with Gasteiger partial charge in [0.2, 0.25) is 5.91 Å². The summed E-state index contributed by atoms with van der Waals surface area (Å²) in [6.45, 7) is 6.30. The predicted molar refractivity (Wildman–Crippen MR) is 83.6 cm³/mol. The minimum atomic E-state index is -0.521. The van der Waals surface area contributed by atoms with Crippen molar-refractivity contribution in [2.24, 2.45) is 11.1 Å². The number of primary amides is 1. The van der Waals surface area contributed by atoms with Gasteiger partial charge in [0.15, 0.2) is 0 Å². The Morgan fingerprint density at radius 3 is 2.64 bits per heavy atom. The van der Waals surface area contributed by atoms with Gasteiger partial charge in [-0.05, 0) is 39.8 Å². The van der Waals surface area contributed by atoms with E-state index in [0.29, 0.717) is 25.0 Å². The van der Waals surface area contributed by atoms with E-state index < -0.39 is 11.3 Å². The molecular weight excluding hydrogens is 284 g/mol. The lowest BCUT2D eigenvalue weighted by Gasteiger charge is -2.24. The van der Waals surface area contributed by atoms with Gasteiger partial charge in [0, 0.05) is 25.4 Å². The highest BCUT2D eigenvalue weighted by Crippen LogP contribution is 2.16. The number of carbonyl (C=O) groups is 2. The number of hydrogen-bond donors (Lipinski definition) is 1. The van der Waals surface area contributed by atoms with Crippen LogP contribution in [0.5, 0.6) is 0 Å². The largest absolute Gasteiger partial charge is 0.463 e. The van der Waals surface area contributed by atoms with E-state index in [9.17, 15) is 9.59 Å². The van der Waals surface area contributed by atoms with Crippen LogP contribution in [0.25, 0.3) is 0 Å². The number of esters is 1. The molecule has 0 aromatic carbocycles. The lowest BCUT2D eigenvalue weighted by atomic mass is 9.97. The summed E-state index contributed by atoms with van der Waals surface area (Å²) in [5.41, 5.74) is 5.34. The van der Waals surface area contributed by atoms with E-state index in [2.05, 4.69) is 0 Å². The van der Waals surface area contributed by atoms with Gasteiger partial charge < -0.3 is 20.1 Å². The van der Waals surface area contributed by atoms with E-state index in [-0.39, 0.29) is 18.7 Å². The molecule has 124 valence electrons. The normalized spacial score (nSPS) is 16.2. The summed E-state index contributed by atoms with van der Waals surface area (Å²) in [5.74, 6) is -0.653. The van der Waals surface area contributed by atoms with Crippen LogP contribution >= 0.6 is 0 Å². The summed E-state index contributed by atoms with van der Waals surface area (Å²) in [4.78, 5) is 24.8. The fourth-order valence-corrected chi connectivity index (χ4v) is 1.86. The Morgan fingerprint density at radius 1 is 1.41 bits per heavy atom. The lowest BCUT2D eigenvalue weighted by Crippen LogP contribution is -2.30. The van der Waals surface area contributed by atoms with Crippen molar-refractivity contribution in [2.75, 3.05) is 20.3 Å². The maximum absolute atomic E-state index is 11.7. The Kier molecular flexibility index (Phi) is 6.61. The summed E-state index contributed by atoms with van der Waals surface area (Å²) < 4.78 is 10.6. The lowest BCUT2D eigenvalue weighted by molar-refractivity contribution is -0.156. The van der Waals surface area contributed by atoms with Crippen LogP contribution in [-0.4, -0.2) is 43.1 Å².